The summed E-state index contributed by atoms with van der Waals surface area (Å²) in [6.45, 7) is 0. The van der Waals surface area contributed by atoms with Gasteiger partial charge in [0.25, 0.3) is 0 Å². The van der Waals surface area contributed by atoms with Crippen molar-refractivity contribution in [3.8, 4) is 0 Å². The summed E-state index contributed by atoms with van der Waals surface area (Å²) in [6, 6.07) is 19.4. The Hall–Kier alpha value is -1.50. The fourth-order valence-electron chi connectivity index (χ4n) is 2.13. The van der Waals surface area contributed by atoms with Crippen LogP contribution < -0.4 is 5.19 Å². The minimum absolute atomic E-state index is 0.544. The first kappa shape index (κ1) is 15.9. The zero-order valence-corrected chi connectivity index (χ0v) is 13.5. The van der Waals surface area contributed by atoms with Crippen LogP contribution in [0.1, 0.15) is 11.9 Å². The highest BCUT2D eigenvalue weighted by molar-refractivity contribution is 6.75. The molecular formula is C16H20O4Si. The highest BCUT2D eigenvalue weighted by Gasteiger charge is 2.44. The fraction of sp³-hybridized carbons (Fsp3) is 0.250. The predicted octanol–water partition coefficient (Wildman–Crippen LogP) is 2.49. The Morgan fingerprint density at radius 2 is 1.29 bits per heavy atom. The SMILES string of the molecule is COC(O[Si](OC)(OC)c1ccccc1)c1ccccc1. The van der Waals surface area contributed by atoms with E-state index in [9.17, 15) is 0 Å². The number of hydrogen-bond acceptors (Lipinski definition) is 4. The largest absolute Gasteiger partial charge is 0.538 e. The van der Waals surface area contributed by atoms with E-state index in [4.69, 9.17) is 18.0 Å². The molecule has 0 aliphatic rings. The van der Waals surface area contributed by atoms with E-state index in [-0.39, 0.29) is 0 Å². The molecule has 0 saturated heterocycles. The summed E-state index contributed by atoms with van der Waals surface area (Å²) in [5, 5.41) is 0.896. The van der Waals surface area contributed by atoms with Crippen LogP contribution in [0.3, 0.4) is 0 Å². The maximum atomic E-state index is 6.13. The number of methoxy groups -OCH3 is 1. The maximum absolute atomic E-state index is 6.13. The van der Waals surface area contributed by atoms with Crippen LogP contribution >= 0.6 is 0 Å². The van der Waals surface area contributed by atoms with Crippen molar-refractivity contribution in [3.63, 3.8) is 0 Å². The van der Waals surface area contributed by atoms with Gasteiger partial charge in [-0.25, -0.2) is 0 Å². The smallest absolute Gasteiger partial charge is 0.373 e. The van der Waals surface area contributed by atoms with Gasteiger partial charge < -0.3 is 18.0 Å². The molecule has 0 radical (unpaired) electrons. The molecule has 112 valence electrons. The summed E-state index contributed by atoms with van der Waals surface area (Å²) < 4.78 is 22.9. The molecule has 0 heterocycles. The summed E-state index contributed by atoms with van der Waals surface area (Å²) in [4.78, 5) is 0. The lowest BCUT2D eigenvalue weighted by atomic mass is 10.2. The first-order chi connectivity index (χ1) is 10.3. The van der Waals surface area contributed by atoms with Crippen molar-refractivity contribution in [2.24, 2.45) is 0 Å². The zero-order chi connectivity index (χ0) is 15.1. The quantitative estimate of drug-likeness (QED) is 0.582. The first-order valence-electron chi connectivity index (χ1n) is 6.67. The van der Waals surface area contributed by atoms with Gasteiger partial charge in [-0.05, 0) is 0 Å². The lowest BCUT2D eigenvalue weighted by Crippen LogP contribution is -2.56. The third-order valence-electron chi connectivity index (χ3n) is 3.21. The lowest BCUT2D eigenvalue weighted by Gasteiger charge is -2.30. The Morgan fingerprint density at radius 1 is 0.762 bits per heavy atom. The molecule has 4 nitrogen and oxygen atoms in total. The topological polar surface area (TPSA) is 36.9 Å². The fourth-order valence-corrected chi connectivity index (χ4v) is 4.21. The van der Waals surface area contributed by atoms with Crippen LogP contribution in [0.2, 0.25) is 0 Å². The summed E-state index contributed by atoms with van der Waals surface area (Å²) >= 11 is 0. The van der Waals surface area contributed by atoms with Crippen molar-refractivity contribution >= 4 is 14.0 Å². The molecule has 0 saturated carbocycles. The Balaban J connectivity index is 2.31. The number of rotatable bonds is 7. The van der Waals surface area contributed by atoms with Crippen molar-refractivity contribution in [2.45, 2.75) is 6.29 Å². The van der Waals surface area contributed by atoms with Crippen LogP contribution in [-0.2, 0) is 18.0 Å². The second-order valence-corrected chi connectivity index (χ2v) is 7.17. The van der Waals surface area contributed by atoms with Gasteiger partial charge in [0.05, 0.1) is 0 Å². The van der Waals surface area contributed by atoms with E-state index in [1.54, 1.807) is 21.3 Å². The van der Waals surface area contributed by atoms with E-state index in [2.05, 4.69) is 0 Å². The standard InChI is InChI=1S/C16H20O4Si/c1-17-16(14-10-6-4-7-11-14)20-21(18-2,19-3)15-12-8-5-9-13-15/h4-13,16H,1-3H3. The molecule has 5 heteroatoms. The van der Waals surface area contributed by atoms with E-state index in [1.807, 2.05) is 60.7 Å². The second-order valence-electron chi connectivity index (χ2n) is 4.43. The molecule has 0 aliphatic carbocycles. The Bertz CT molecular complexity index is 528. The Labute approximate surface area is 126 Å². The Morgan fingerprint density at radius 3 is 1.76 bits per heavy atom. The van der Waals surface area contributed by atoms with E-state index >= 15 is 0 Å². The van der Waals surface area contributed by atoms with Gasteiger partial charge in [-0.2, -0.15) is 0 Å². The lowest BCUT2D eigenvalue weighted by molar-refractivity contribution is -0.0938. The summed E-state index contributed by atoms with van der Waals surface area (Å²) in [5.41, 5.74) is 0.918. The molecule has 0 aromatic heterocycles. The van der Waals surface area contributed by atoms with Gasteiger partial charge >= 0.3 is 8.80 Å². The molecule has 0 bridgehead atoms. The number of ether oxygens (including phenoxy) is 1. The highest BCUT2D eigenvalue weighted by Crippen LogP contribution is 2.23. The molecule has 0 N–H and O–H groups in total. The van der Waals surface area contributed by atoms with Gasteiger partial charge in [0, 0.05) is 32.1 Å². The average molecular weight is 304 g/mol. The Kier molecular flexibility index (Phi) is 5.66. The van der Waals surface area contributed by atoms with E-state index in [1.165, 1.54) is 0 Å². The van der Waals surface area contributed by atoms with Crippen LogP contribution in [0.25, 0.3) is 0 Å². The first-order valence-corrected chi connectivity index (χ1v) is 8.39. The van der Waals surface area contributed by atoms with Crippen molar-refractivity contribution in [3.05, 3.63) is 66.2 Å². The number of hydrogen-bond donors (Lipinski definition) is 0. The third-order valence-corrected chi connectivity index (χ3v) is 5.85. The average Bonchev–Trinajstić information content (AvgIpc) is 2.58. The molecule has 1 unspecified atom stereocenters. The van der Waals surface area contributed by atoms with Gasteiger partial charge in [-0.15, -0.1) is 0 Å². The van der Waals surface area contributed by atoms with Gasteiger partial charge in [0.2, 0.25) is 0 Å². The highest BCUT2D eigenvalue weighted by atomic mass is 28.4. The van der Waals surface area contributed by atoms with Crippen LogP contribution in [-0.4, -0.2) is 30.1 Å². The summed E-state index contributed by atoms with van der Waals surface area (Å²) in [6.07, 6.45) is -0.544. The normalized spacial score (nSPS) is 13.1. The summed E-state index contributed by atoms with van der Waals surface area (Å²) in [5.74, 6) is 0. The van der Waals surface area contributed by atoms with Gasteiger partial charge in [0.15, 0.2) is 6.29 Å². The molecule has 0 amide bonds. The van der Waals surface area contributed by atoms with Crippen LogP contribution in [0.15, 0.2) is 60.7 Å². The van der Waals surface area contributed by atoms with E-state index < -0.39 is 15.1 Å². The third kappa shape index (κ3) is 3.58. The van der Waals surface area contributed by atoms with Crippen LogP contribution in [0.5, 0.6) is 0 Å². The second kappa shape index (κ2) is 7.49. The van der Waals surface area contributed by atoms with Gasteiger partial charge in [-0.1, -0.05) is 60.7 Å². The van der Waals surface area contributed by atoms with Crippen LogP contribution in [0.4, 0.5) is 0 Å². The van der Waals surface area contributed by atoms with Crippen molar-refractivity contribution in [2.75, 3.05) is 21.3 Å². The van der Waals surface area contributed by atoms with Crippen molar-refractivity contribution in [1.29, 1.82) is 0 Å². The van der Waals surface area contributed by atoms with Crippen LogP contribution in [0, 0.1) is 0 Å². The van der Waals surface area contributed by atoms with E-state index in [0.29, 0.717) is 0 Å². The molecule has 0 fully saturated rings. The monoisotopic (exact) mass is 304 g/mol. The van der Waals surface area contributed by atoms with E-state index in [0.717, 1.165) is 10.8 Å². The minimum atomic E-state index is -3.01. The molecular weight excluding hydrogens is 284 g/mol. The molecule has 0 aliphatic heterocycles. The molecule has 1 atom stereocenters. The number of benzene rings is 2. The van der Waals surface area contributed by atoms with Gasteiger partial charge in [-0.3, -0.25) is 0 Å². The molecule has 21 heavy (non-hydrogen) atoms. The molecule has 2 rings (SSSR count). The zero-order valence-electron chi connectivity index (χ0n) is 12.5. The molecule has 0 spiro atoms. The van der Waals surface area contributed by atoms with Crippen molar-refractivity contribution in [1.82, 2.24) is 0 Å². The summed E-state index contributed by atoms with van der Waals surface area (Å²) in [7, 11) is 1.79. The predicted molar refractivity (Wildman–Crippen MR) is 83.1 cm³/mol. The van der Waals surface area contributed by atoms with Crippen molar-refractivity contribution < 1.29 is 18.0 Å². The van der Waals surface area contributed by atoms with Gasteiger partial charge in [0.1, 0.15) is 0 Å². The molecule has 2 aromatic carbocycles. The maximum Gasteiger partial charge on any atom is 0.538 e. The minimum Gasteiger partial charge on any atom is -0.373 e. The molecule has 2 aromatic rings.